The van der Waals surface area contributed by atoms with Crippen LogP contribution in [-0.4, -0.2) is 32.1 Å². The summed E-state index contributed by atoms with van der Waals surface area (Å²) in [6.45, 7) is 0.545. The largest absolute Gasteiger partial charge is 0.384 e. The first-order valence-corrected chi connectivity index (χ1v) is 7.07. The van der Waals surface area contributed by atoms with Crippen molar-refractivity contribution in [2.45, 2.75) is 17.9 Å². The number of hydrogen-bond acceptors (Lipinski definition) is 4. The molecule has 0 aliphatic heterocycles. The Hall–Kier alpha value is -2.02. The van der Waals surface area contributed by atoms with Gasteiger partial charge in [-0.05, 0) is 13.0 Å². The lowest BCUT2D eigenvalue weighted by atomic mass is 10.2. The first-order valence-electron chi connectivity index (χ1n) is 5.59. The summed E-state index contributed by atoms with van der Waals surface area (Å²) in [6.07, 6.45) is 0. The number of carbonyl (C=O) groups is 1. The van der Waals surface area contributed by atoms with Gasteiger partial charge in [-0.1, -0.05) is 11.8 Å². The molecule has 6 nitrogen and oxygen atoms in total. The number of aliphatic hydroxyl groups is 1. The maximum Gasteiger partial charge on any atom is 0.245 e. The highest BCUT2D eigenvalue weighted by Gasteiger charge is 2.27. The van der Waals surface area contributed by atoms with Crippen molar-refractivity contribution >= 4 is 15.9 Å². The number of carbonyl (C=O) groups excluding carboxylic acids is 1. The van der Waals surface area contributed by atoms with E-state index in [-0.39, 0.29) is 0 Å². The highest BCUT2D eigenvalue weighted by atomic mass is 32.2. The van der Waals surface area contributed by atoms with Gasteiger partial charge in [0.2, 0.25) is 15.9 Å². The topological polar surface area (TPSA) is 109 Å². The van der Waals surface area contributed by atoms with Crippen molar-refractivity contribution in [3.8, 4) is 11.8 Å². The molecule has 0 saturated heterocycles. The second kappa shape index (κ2) is 6.62. The predicted octanol–water partition coefficient (Wildman–Crippen LogP) is -0.539. The number of amides is 1. The minimum Gasteiger partial charge on any atom is -0.384 e. The van der Waals surface area contributed by atoms with Gasteiger partial charge in [-0.15, -0.1) is 0 Å². The zero-order valence-electron chi connectivity index (χ0n) is 10.9. The number of halogens is 2. The molecule has 0 aliphatic carbocycles. The molecule has 0 fully saturated rings. The van der Waals surface area contributed by atoms with Gasteiger partial charge < -0.3 is 10.8 Å². The fourth-order valence-corrected chi connectivity index (χ4v) is 2.83. The Labute approximate surface area is 120 Å². The van der Waals surface area contributed by atoms with E-state index in [1.165, 1.54) is 6.92 Å². The minimum absolute atomic E-state index is 0.369. The van der Waals surface area contributed by atoms with Gasteiger partial charge in [-0.2, -0.15) is 4.72 Å². The van der Waals surface area contributed by atoms with E-state index in [1.54, 1.807) is 0 Å². The third-order valence-corrected chi connectivity index (χ3v) is 3.95. The Kier molecular flexibility index (Phi) is 5.37. The fourth-order valence-electron chi connectivity index (χ4n) is 1.41. The summed E-state index contributed by atoms with van der Waals surface area (Å²) in [5, 5.41) is 8.59. The molecule has 1 atom stereocenters. The third kappa shape index (κ3) is 4.22. The zero-order valence-corrected chi connectivity index (χ0v) is 11.7. The van der Waals surface area contributed by atoms with Crippen molar-refractivity contribution in [2.24, 2.45) is 5.73 Å². The van der Waals surface area contributed by atoms with Crippen LogP contribution in [0, 0.1) is 23.5 Å². The maximum atomic E-state index is 13.8. The molecule has 21 heavy (non-hydrogen) atoms. The van der Waals surface area contributed by atoms with E-state index in [0.29, 0.717) is 12.1 Å². The van der Waals surface area contributed by atoms with Gasteiger partial charge in [-0.3, -0.25) is 4.79 Å². The van der Waals surface area contributed by atoms with Crippen molar-refractivity contribution in [3.05, 3.63) is 29.3 Å². The van der Waals surface area contributed by atoms with Crippen LogP contribution in [0.15, 0.2) is 17.0 Å². The molecule has 0 saturated carbocycles. The van der Waals surface area contributed by atoms with Crippen LogP contribution < -0.4 is 10.5 Å². The van der Waals surface area contributed by atoms with E-state index in [2.05, 4.69) is 11.8 Å². The molecule has 0 radical (unpaired) electrons. The molecule has 9 heteroatoms. The second-order valence-corrected chi connectivity index (χ2v) is 5.62. The lowest BCUT2D eigenvalue weighted by molar-refractivity contribution is -0.119. The summed E-state index contributed by atoms with van der Waals surface area (Å²) in [4.78, 5) is 9.97. The average Bonchev–Trinajstić information content (AvgIpc) is 2.34. The monoisotopic (exact) mass is 318 g/mol. The highest BCUT2D eigenvalue weighted by molar-refractivity contribution is 7.89. The van der Waals surface area contributed by atoms with Gasteiger partial charge in [0.05, 0.1) is 11.6 Å². The van der Waals surface area contributed by atoms with Gasteiger partial charge in [0.25, 0.3) is 0 Å². The average molecular weight is 318 g/mol. The Morgan fingerprint density at radius 2 is 2.10 bits per heavy atom. The summed E-state index contributed by atoms with van der Waals surface area (Å²) in [5.41, 5.74) is 4.44. The highest BCUT2D eigenvalue weighted by Crippen LogP contribution is 2.21. The standard InChI is InChI=1S/C12H12F2N2O4S/c1-7(12(15)18)16-21(19,20)11-8(3-2-4-17)5-9(13)6-10(11)14/h5-7,16-17H,4H2,1H3,(H2,15,18). The Morgan fingerprint density at radius 3 is 2.62 bits per heavy atom. The molecule has 0 bridgehead atoms. The molecule has 4 N–H and O–H groups in total. The molecule has 0 aromatic heterocycles. The number of nitrogens with two attached hydrogens (primary N) is 1. The van der Waals surface area contributed by atoms with E-state index in [9.17, 15) is 22.0 Å². The number of benzene rings is 1. The maximum absolute atomic E-state index is 13.8. The van der Waals surface area contributed by atoms with Gasteiger partial charge in [-0.25, -0.2) is 17.2 Å². The van der Waals surface area contributed by atoms with Crippen LogP contribution in [-0.2, 0) is 14.8 Å². The zero-order chi connectivity index (χ0) is 16.2. The van der Waals surface area contributed by atoms with Gasteiger partial charge in [0, 0.05) is 6.07 Å². The quantitative estimate of drug-likeness (QED) is 0.648. The van der Waals surface area contributed by atoms with Crippen molar-refractivity contribution in [2.75, 3.05) is 6.61 Å². The van der Waals surface area contributed by atoms with Crippen molar-refractivity contribution in [1.29, 1.82) is 0 Å². The van der Waals surface area contributed by atoms with Crippen LogP contribution >= 0.6 is 0 Å². The Morgan fingerprint density at radius 1 is 1.48 bits per heavy atom. The summed E-state index contributed by atoms with van der Waals surface area (Å²) in [5.74, 6) is 0.861. The number of sulfonamides is 1. The Bertz CT molecular complexity index is 723. The molecule has 114 valence electrons. The lowest BCUT2D eigenvalue weighted by Crippen LogP contribution is -2.42. The first-order chi connectivity index (χ1) is 9.69. The van der Waals surface area contributed by atoms with Crippen molar-refractivity contribution in [3.63, 3.8) is 0 Å². The molecular formula is C12H12F2N2O4S. The molecule has 0 heterocycles. The van der Waals surface area contributed by atoms with Crippen LogP contribution in [0.4, 0.5) is 8.78 Å². The molecule has 0 aliphatic rings. The number of rotatable bonds is 4. The summed E-state index contributed by atoms with van der Waals surface area (Å²) >= 11 is 0. The van der Waals surface area contributed by atoms with Gasteiger partial charge in [0.15, 0.2) is 0 Å². The van der Waals surface area contributed by atoms with E-state index in [1.807, 2.05) is 4.72 Å². The fraction of sp³-hybridized carbons (Fsp3) is 0.250. The van der Waals surface area contributed by atoms with Crippen LogP contribution in [0.25, 0.3) is 0 Å². The molecule has 1 aromatic rings. The summed E-state index contributed by atoms with van der Waals surface area (Å²) in [6, 6.07) is -0.221. The normalized spacial score (nSPS) is 12.4. The number of primary amides is 1. The molecular weight excluding hydrogens is 306 g/mol. The smallest absolute Gasteiger partial charge is 0.245 e. The van der Waals surface area contributed by atoms with E-state index in [0.717, 1.165) is 0 Å². The molecule has 1 unspecified atom stereocenters. The van der Waals surface area contributed by atoms with E-state index >= 15 is 0 Å². The van der Waals surface area contributed by atoms with Crippen molar-refractivity contribution < 1.29 is 27.1 Å². The minimum atomic E-state index is -4.49. The van der Waals surface area contributed by atoms with Gasteiger partial charge >= 0.3 is 0 Å². The summed E-state index contributed by atoms with van der Waals surface area (Å²) in [7, 11) is -4.49. The molecule has 0 spiro atoms. The van der Waals surface area contributed by atoms with E-state index < -0.39 is 50.7 Å². The van der Waals surface area contributed by atoms with Crippen LogP contribution in [0.5, 0.6) is 0 Å². The SMILES string of the molecule is CC(NS(=O)(=O)c1c(F)cc(F)cc1C#CCO)C(N)=O. The molecule has 1 amide bonds. The van der Waals surface area contributed by atoms with Crippen molar-refractivity contribution in [1.82, 2.24) is 4.72 Å². The molecule has 1 rings (SSSR count). The van der Waals surface area contributed by atoms with Gasteiger partial charge in [0.1, 0.15) is 23.1 Å². The second-order valence-electron chi connectivity index (χ2n) is 3.97. The first kappa shape index (κ1) is 17.0. The third-order valence-electron chi connectivity index (χ3n) is 2.34. The Balaban J connectivity index is 3.44. The lowest BCUT2D eigenvalue weighted by Gasteiger charge is -2.13. The number of nitrogens with one attached hydrogen (secondary N) is 1. The van der Waals surface area contributed by atoms with Crippen LogP contribution in [0.1, 0.15) is 12.5 Å². The summed E-state index contributed by atoms with van der Waals surface area (Å²) < 4.78 is 52.9. The van der Waals surface area contributed by atoms with Crippen LogP contribution in [0.2, 0.25) is 0 Å². The molecule has 1 aromatic carbocycles. The predicted molar refractivity (Wildman–Crippen MR) is 69.3 cm³/mol. The number of hydrogen-bond donors (Lipinski definition) is 3. The van der Waals surface area contributed by atoms with E-state index in [4.69, 9.17) is 10.8 Å². The van der Waals surface area contributed by atoms with Crippen LogP contribution in [0.3, 0.4) is 0 Å². The number of aliphatic hydroxyl groups excluding tert-OH is 1.